The molecule has 0 saturated carbocycles. The number of nitrogens with one attached hydrogen (secondary N) is 1. The molecule has 0 saturated heterocycles. The number of carbonyl (C=O) groups excluding carboxylic acids is 1. The number of methoxy groups -OCH3 is 2. The molecule has 0 aliphatic carbocycles. The van der Waals surface area contributed by atoms with Crippen molar-refractivity contribution in [2.45, 2.75) is 5.25 Å². The van der Waals surface area contributed by atoms with Crippen molar-refractivity contribution in [3.8, 4) is 11.5 Å². The summed E-state index contributed by atoms with van der Waals surface area (Å²) in [6.07, 6.45) is 0. The minimum absolute atomic E-state index is 0.0389. The van der Waals surface area contributed by atoms with Gasteiger partial charge in [0, 0.05) is 10.9 Å². The largest absolute Gasteiger partial charge is 0.497 e. The number of fused-ring (bicyclic) bond motifs is 1. The van der Waals surface area contributed by atoms with Crippen LogP contribution >= 0.6 is 23.1 Å². The minimum Gasteiger partial charge on any atom is -0.497 e. The quantitative estimate of drug-likeness (QED) is 0.939. The fourth-order valence-corrected chi connectivity index (χ4v) is 4.50. The lowest BCUT2D eigenvalue weighted by Gasteiger charge is -2.16. The van der Waals surface area contributed by atoms with E-state index in [2.05, 4.69) is 5.32 Å². The van der Waals surface area contributed by atoms with Crippen LogP contribution in [0.2, 0.25) is 0 Å². The molecule has 1 aromatic carbocycles. The SMILES string of the molecule is COc1cc(OC)cc([C@H]2SCC(=O)Nc3ccsc32)c1. The maximum Gasteiger partial charge on any atom is 0.234 e. The molecular weight excluding hydrogens is 306 g/mol. The summed E-state index contributed by atoms with van der Waals surface area (Å²) in [4.78, 5) is 12.9. The second-order valence-electron chi connectivity index (χ2n) is 4.58. The molecule has 2 heterocycles. The van der Waals surface area contributed by atoms with Crippen molar-refractivity contribution in [2.24, 2.45) is 0 Å². The molecule has 0 spiro atoms. The molecule has 4 nitrogen and oxygen atoms in total. The van der Waals surface area contributed by atoms with Crippen LogP contribution in [-0.2, 0) is 4.79 Å². The van der Waals surface area contributed by atoms with Gasteiger partial charge in [0.25, 0.3) is 0 Å². The third kappa shape index (κ3) is 2.87. The Kier molecular flexibility index (Phi) is 4.07. The first-order valence-corrected chi connectivity index (χ1v) is 8.36. The maximum absolute atomic E-state index is 11.8. The summed E-state index contributed by atoms with van der Waals surface area (Å²) in [5.74, 6) is 1.99. The highest BCUT2D eigenvalue weighted by atomic mass is 32.2. The van der Waals surface area contributed by atoms with Gasteiger partial charge in [-0.15, -0.1) is 23.1 Å². The van der Waals surface area contributed by atoms with E-state index in [1.807, 2.05) is 29.6 Å². The van der Waals surface area contributed by atoms with Crippen molar-refractivity contribution in [1.29, 1.82) is 0 Å². The van der Waals surface area contributed by atoms with E-state index < -0.39 is 0 Å². The number of benzene rings is 1. The van der Waals surface area contributed by atoms with Crippen molar-refractivity contribution < 1.29 is 14.3 Å². The Bertz CT molecular complexity index is 646. The van der Waals surface area contributed by atoms with Gasteiger partial charge in [-0.05, 0) is 29.1 Å². The smallest absolute Gasteiger partial charge is 0.234 e. The third-order valence-corrected chi connectivity index (χ3v) is 5.67. The zero-order valence-electron chi connectivity index (χ0n) is 11.7. The molecule has 0 radical (unpaired) electrons. The third-order valence-electron chi connectivity index (χ3n) is 3.27. The molecule has 1 N–H and O–H groups in total. The van der Waals surface area contributed by atoms with Gasteiger partial charge in [0.1, 0.15) is 11.5 Å². The first kappa shape index (κ1) is 14.3. The van der Waals surface area contributed by atoms with E-state index >= 15 is 0 Å². The number of rotatable bonds is 3. The van der Waals surface area contributed by atoms with Crippen LogP contribution in [0.4, 0.5) is 5.69 Å². The lowest BCUT2D eigenvalue weighted by atomic mass is 10.1. The van der Waals surface area contributed by atoms with Crippen LogP contribution < -0.4 is 14.8 Å². The molecule has 1 aromatic heterocycles. The van der Waals surface area contributed by atoms with Crippen LogP contribution in [0, 0.1) is 0 Å². The standard InChI is InChI=1S/C15H15NO3S2/c1-18-10-5-9(6-11(7-10)19-2)14-15-12(3-4-20-15)16-13(17)8-21-14/h3-7,14H,8H2,1-2H3,(H,16,17)/t14-/m1/s1. The molecule has 2 aromatic rings. The van der Waals surface area contributed by atoms with Crippen LogP contribution in [-0.4, -0.2) is 25.9 Å². The Morgan fingerprint density at radius 3 is 2.57 bits per heavy atom. The summed E-state index contributed by atoms with van der Waals surface area (Å²) < 4.78 is 10.7. The second kappa shape index (κ2) is 5.99. The topological polar surface area (TPSA) is 47.6 Å². The molecule has 110 valence electrons. The minimum atomic E-state index is 0.0389. The first-order chi connectivity index (χ1) is 10.2. The Morgan fingerprint density at radius 2 is 1.90 bits per heavy atom. The Morgan fingerprint density at radius 1 is 1.19 bits per heavy atom. The number of thioether (sulfide) groups is 1. The van der Waals surface area contributed by atoms with Crippen LogP contribution in [0.3, 0.4) is 0 Å². The lowest BCUT2D eigenvalue weighted by Crippen LogP contribution is -2.11. The molecule has 0 unspecified atom stereocenters. The van der Waals surface area contributed by atoms with Gasteiger partial charge in [0.2, 0.25) is 5.91 Å². The van der Waals surface area contributed by atoms with E-state index in [1.54, 1.807) is 37.3 Å². The Labute approximate surface area is 131 Å². The fourth-order valence-electron chi connectivity index (χ4n) is 2.28. The van der Waals surface area contributed by atoms with Crippen LogP contribution in [0.1, 0.15) is 15.7 Å². The second-order valence-corrected chi connectivity index (χ2v) is 6.62. The maximum atomic E-state index is 11.8. The van der Waals surface area contributed by atoms with E-state index in [1.165, 1.54) is 0 Å². The number of ether oxygens (including phenoxy) is 2. The van der Waals surface area contributed by atoms with Gasteiger partial charge in [0.05, 0.1) is 30.9 Å². The number of amides is 1. The molecule has 6 heteroatoms. The van der Waals surface area contributed by atoms with Gasteiger partial charge < -0.3 is 14.8 Å². The summed E-state index contributed by atoms with van der Waals surface area (Å²) >= 11 is 3.27. The molecule has 0 fully saturated rings. The summed E-state index contributed by atoms with van der Waals surface area (Å²) in [6, 6.07) is 7.80. The molecule has 0 bridgehead atoms. The van der Waals surface area contributed by atoms with E-state index in [9.17, 15) is 4.79 Å². The number of hydrogen-bond donors (Lipinski definition) is 1. The van der Waals surface area contributed by atoms with Crippen LogP contribution in [0.5, 0.6) is 11.5 Å². The van der Waals surface area contributed by atoms with Crippen molar-refractivity contribution in [3.63, 3.8) is 0 Å². The predicted molar refractivity (Wildman–Crippen MR) is 86.8 cm³/mol. The van der Waals surface area contributed by atoms with Gasteiger partial charge in [-0.1, -0.05) is 0 Å². The molecule has 1 aliphatic rings. The zero-order valence-corrected chi connectivity index (χ0v) is 13.3. The normalized spacial score (nSPS) is 17.6. The fraction of sp³-hybridized carbons (Fsp3) is 0.267. The molecule has 21 heavy (non-hydrogen) atoms. The summed E-state index contributed by atoms with van der Waals surface area (Å²) in [5, 5.41) is 5.05. The zero-order chi connectivity index (χ0) is 14.8. The monoisotopic (exact) mass is 321 g/mol. The van der Waals surface area contributed by atoms with E-state index in [0.29, 0.717) is 5.75 Å². The van der Waals surface area contributed by atoms with Gasteiger partial charge >= 0.3 is 0 Å². The molecule has 1 amide bonds. The van der Waals surface area contributed by atoms with Crippen molar-refractivity contribution in [1.82, 2.24) is 0 Å². The van der Waals surface area contributed by atoms with Gasteiger partial charge in [-0.3, -0.25) is 4.79 Å². The number of thiophene rings is 1. The molecule has 1 atom stereocenters. The molecular formula is C15H15NO3S2. The van der Waals surface area contributed by atoms with Gasteiger partial charge in [-0.2, -0.15) is 0 Å². The average Bonchev–Trinajstić information content (AvgIpc) is 2.88. The first-order valence-electron chi connectivity index (χ1n) is 6.43. The summed E-state index contributed by atoms with van der Waals surface area (Å²) in [5.41, 5.74) is 1.98. The summed E-state index contributed by atoms with van der Waals surface area (Å²) in [6.45, 7) is 0. The Balaban J connectivity index is 2.06. The average molecular weight is 321 g/mol. The Hall–Kier alpha value is -1.66. The molecule has 1 aliphatic heterocycles. The van der Waals surface area contributed by atoms with Crippen molar-refractivity contribution in [2.75, 3.05) is 25.3 Å². The highest BCUT2D eigenvalue weighted by Crippen LogP contribution is 2.45. The summed E-state index contributed by atoms with van der Waals surface area (Å²) in [7, 11) is 3.28. The van der Waals surface area contributed by atoms with Crippen molar-refractivity contribution in [3.05, 3.63) is 40.1 Å². The van der Waals surface area contributed by atoms with Gasteiger partial charge in [-0.25, -0.2) is 0 Å². The predicted octanol–water partition coefficient (Wildman–Crippen LogP) is 3.54. The van der Waals surface area contributed by atoms with Crippen LogP contribution in [0.25, 0.3) is 0 Å². The highest BCUT2D eigenvalue weighted by Gasteiger charge is 2.26. The van der Waals surface area contributed by atoms with E-state index in [0.717, 1.165) is 27.6 Å². The number of hydrogen-bond acceptors (Lipinski definition) is 5. The van der Waals surface area contributed by atoms with Gasteiger partial charge in [0.15, 0.2) is 0 Å². The van der Waals surface area contributed by atoms with Crippen molar-refractivity contribution >= 4 is 34.7 Å². The van der Waals surface area contributed by atoms with Crippen LogP contribution in [0.15, 0.2) is 29.6 Å². The number of anilines is 1. The highest BCUT2D eigenvalue weighted by molar-refractivity contribution is 8.00. The lowest BCUT2D eigenvalue weighted by molar-refractivity contribution is -0.113. The van der Waals surface area contributed by atoms with E-state index in [-0.39, 0.29) is 11.2 Å². The number of carbonyl (C=O) groups is 1. The van der Waals surface area contributed by atoms with E-state index in [4.69, 9.17) is 9.47 Å². The molecule has 3 rings (SSSR count).